The number of esters is 1. The summed E-state index contributed by atoms with van der Waals surface area (Å²) in [5, 5.41) is 0. The Kier molecular flexibility index (Phi) is 5.85. The number of carbonyl (C=O) groups is 3. The number of Topliss-reactive ketones (excluding diaryl/α,β-unsaturated/α-hetero) is 1. The Morgan fingerprint density at radius 2 is 1.88 bits per heavy atom. The van der Waals surface area contributed by atoms with Crippen molar-refractivity contribution < 1.29 is 23.9 Å². The summed E-state index contributed by atoms with van der Waals surface area (Å²) >= 11 is 0. The number of ketones is 1. The number of ether oxygens (including phenoxy) is 2. The minimum atomic E-state index is -1.22. The summed E-state index contributed by atoms with van der Waals surface area (Å²) in [4.78, 5) is 39.3. The second-order valence-corrected chi connectivity index (χ2v) is 6.70. The average molecular weight is 359 g/mol. The minimum Gasteiger partial charge on any atom is -0.477 e. The molecule has 0 N–H and O–H groups in total. The Bertz CT molecular complexity index is 736. The lowest BCUT2D eigenvalue weighted by molar-refractivity contribution is -0.159. The highest BCUT2D eigenvalue weighted by Gasteiger charge is 2.45. The lowest BCUT2D eigenvalue weighted by Crippen LogP contribution is -2.57. The second-order valence-electron chi connectivity index (χ2n) is 6.70. The summed E-state index contributed by atoms with van der Waals surface area (Å²) in [7, 11) is 0. The van der Waals surface area contributed by atoms with E-state index in [1.54, 1.807) is 27.7 Å². The van der Waals surface area contributed by atoms with E-state index in [1.807, 2.05) is 30.3 Å². The van der Waals surface area contributed by atoms with Crippen molar-refractivity contribution in [3.63, 3.8) is 0 Å². The number of allylic oxidation sites excluding steroid dienone is 1. The third kappa shape index (κ3) is 3.64. The molecule has 0 aliphatic carbocycles. The van der Waals surface area contributed by atoms with Gasteiger partial charge in [-0.1, -0.05) is 30.3 Å². The van der Waals surface area contributed by atoms with Gasteiger partial charge in [0.2, 0.25) is 0 Å². The number of hydrogen-bond donors (Lipinski definition) is 0. The summed E-state index contributed by atoms with van der Waals surface area (Å²) in [5.74, 6) is -1.73. The van der Waals surface area contributed by atoms with Gasteiger partial charge in [-0.25, -0.2) is 0 Å². The van der Waals surface area contributed by atoms with E-state index >= 15 is 0 Å². The molecule has 1 amide bonds. The first kappa shape index (κ1) is 19.7. The van der Waals surface area contributed by atoms with Crippen LogP contribution in [0.2, 0.25) is 0 Å². The number of carbonyl (C=O) groups excluding carboxylic acids is 3. The van der Waals surface area contributed by atoms with Crippen molar-refractivity contribution in [2.75, 3.05) is 13.3 Å². The smallest absolute Gasteiger partial charge is 0.316 e. The first-order valence-corrected chi connectivity index (χ1v) is 8.63. The maximum atomic E-state index is 13.1. The van der Waals surface area contributed by atoms with Crippen LogP contribution in [0.3, 0.4) is 0 Å². The Labute approximate surface area is 153 Å². The lowest BCUT2D eigenvalue weighted by Gasteiger charge is -2.41. The van der Waals surface area contributed by atoms with Crippen molar-refractivity contribution in [1.29, 1.82) is 0 Å². The van der Waals surface area contributed by atoms with Gasteiger partial charge >= 0.3 is 5.97 Å². The van der Waals surface area contributed by atoms with Crippen LogP contribution in [0.4, 0.5) is 0 Å². The minimum absolute atomic E-state index is 0.0463. The standard InChI is InChI=1S/C20H25NO5/c1-6-25-19(24)13(2)17(22)20(4,5)21-12-26-14(3)16(18(21)23)15-10-8-7-9-11-15/h7-11,13H,6,12H2,1-5H3. The normalized spacial score (nSPS) is 16.2. The van der Waals surface area contributed by atoms with Crippen LogP contribution in [0.25, 0.3) is 5.57 Å². The third-order valence-electron chi connectivity index (χ3n) is 4.59. The van der Waals surface area contributed by atoms with Gasteiger partial charge in [-0.15, -0.1) is 0 Å². The second kappa shape index (κ2) is 7.72. The maximum absolute atomic E-state index is 13.1. The first-order chi connectivity index (χ1) is 12.2. The largest absolute Gasteiger partial charge is 0.477 e. The Balaban J connectivity index is 2.32. The van der Waals surface area contributed by atoms with Gasteiger partial charge in [0.1, 0.15) is 17.2 Å². The van der Waals surface area contributed by atoms with Gasteiger partial charge in [0.25, 0.3) is 5.91 Å². The van der Waals surface area contributed by atoms with Crippen LogP contribution >= 0.6 is 0 Å². The summed E-state index contributed by atoms with van der Waals surface area (Å²) in [6.07, 6.45) is 0. The van der Waals surface area contributed by atoms with E-state index in [1.165, 1.54) is 11.8 Å². The van der Waals surface area contributed by atoms with Gasteiger partial charge in [0, 0.05) is 0 Å². The summed E-state index contributed by atoms with van der Waals surface area (Å²) in [5.41, 5.74) is -0.0767. The molecule has 0 saturated carbocycles. The molecule has 1 aliphatic rings. The SMILES string of the molecule is CCOC(=O)C(C)C(=O)C(C)(C)N1COC(C)=C(c2ccccc2)C1=O. The molecular weight excluding hydrogens is 334 g/mol. The molecular formula is C20H25NO5. The molecule has 2 rings (SSSR count). The van der Waals surface area contributed by atoms with Crippen LogP contribution in [0, 0.1) is 5.92 Å². The van der Waals surface area contributed by atoms with Crippen LogP contribution in [-0.4, -0.2) is 41.4 Å². The molecule has 0 saturated heterocycles. The third-order valence-corrected chi connectivity index (χ3v) is 4.59. The van der Waals surface area contributed by atoms with Crippen molar-refractivity contribution in [3.05, 3.63) is 41.7 Å². The maximum Gasteiger partial charge on any atom is 0.316 e. The monoisotopic (exact) mass is 359 g/mol. The van der Waals surface area contributed by atoms with Gasteiger partial charge in [-0.3, -0.25) is 19.3 Å². The number of amides is 1. The molecule has 6 heteroatoms. The molecule has 1 unspecified atom stereocenters. The number of rotatable bonds is 6. The number of hydrogen-bond acceptors (Lipinski definition) is 5. The predicted molar refractivity (Wildman–Crippen MR) is 96.7 cm³/mol. The molecule has 140 valence electrons. The van der Waals surface area contributed by atoms with Crippen molar-refractivity contribution in [1.82, 2.24) is 4.90 Å². The summed E-state index contributed by atoms with van der Waals surface area (Å²) in [6, 6.07) is 9.17. The van der Waals surface area contributed by atoms with Gasteiger partial charge in [-0.2, -0.15) is 0 Å². The molecule has 1 aromatic carbocycles. The van der Waals surface area contributed by atoms with E-state index in [0.29, 0.717) is 11.3 Å². The lowest BCUT2D eigenvalue weighted by atomic mass is 9.87. The van der Waals surface area contributed by atoms with Crippen LogP contribution in [-0.2, 0) is 23.9 Å². The molecule has 1 aromatic rings. The highest BCUT2D eigenvalue weighted by molar-refractivity contribution is 6.22. The van der Waals surface area contributed by atoms with E-state index in [-0.39, 0.29) is 25.0 Å². The zero-order chi connectivity index (χ0) is 19.5. The van der Waals surface area contributed by atoms with E-state index in [9.17, 15) is 14.4 Å². The fourth-order valence-corrected chi connectivity index (χ4v) is 2.96. The number of benzene rings is 1. The van der Waals surface area contributed by atoms with Gasteiger partial charge in [0.15, 0.2) is 12.5 Å². The van der Waals surface area contributed by atoms with Crippen LogP contribution < -0.4 is 0 Å². The van der Waals surface area contributed by atoms with Crippen LogP contribution in [0.5, 0.6) is 0 Å². The molecule has 0 radical (unpaired) electrons. The van der Waals surface area contributed by atoms with Gasteiger partial charge in [-0.05, 0) is 40.2 Å². The molecule has 0 spiro atoms. The summed E-state index contributed by atoms with van der Waals surface area (Å²) in [6.45, 7) is 8.30. The van der Waals surface area contributed by atoms with E-state index in [4.69, 9.17) is 9.47 Å². The average Bonchev–Trinajstić information content (AvgIpc) is 2.61. The number of nitrogens with zero attached hydrogens (tertiary/aromatic N) is 1. The topological polar surface area (TPSA) is 72.9 Å². The molecule has 0 aromatic heterocycles. The first-order valence-electron chi connectivity index (χ1n) is 8.63. The molecule has 0 fully saturated rings. The molecule has 1 heterocycles. The molecule has 1 aliphatic heterocycles. The van der Waals surface area contributed by atoms with Crippen molar-refractivity contribution in [2.24, 2.45) is 5.92 Å². The Hall–Kier alpha value is -2.63. The highest BCUT2D eigenvalue weighted by atomic mass is 16.5. The van der Waals surface area contributed by atoms with Crippen molar-refractivity contribution in [3.8, 4) is 0 Å². The van der Waals surface area contributed by atoms with E-state index in [2.05, 4.69) is 0 Å². The molecule has 0 bridgehead atoms. The van der Waals surface area contributed by atoms with E-state index < -0.39 is 17.4 Å². The van der Waals surface area contributed by atoms with Crippen molar-refractivity contribution in [2.45, 2.75) is 40.2 Å². The molecule has 1 atom stereocenters. The van der Waals surface area contributed by atoms with E-state index in [0.717, 1.165) is 5.56 Å². The molecule has 26 heavy (non-hydrogen) atoms. The van der Waals surface area contributed by atoms with Crippen LogP contribution in [0.15, 0.2) is 36.1 Å². The fraction of sp³-hybridized carbons (Fsp3) is 0.450. The van der Waals surface area contributed by atoms with Crippen LogP contribution in [0.1, 0.15) is 40.2 Å². The summed E-state index contributed by atoms with van der Waals surface area (Å²) < 4.78 is 10.6. The molecule has 6 nitrogen and oxygen atoms in total. The van der Waals surface area contributed by atoms with Gasteiger partial charge < -0.3 is 9.47 Å². The fourth-order valence-electron chi connectivity index (χ4n) is 2.96. The predicted octanol–water partition coefficient (Wildman–Crippen LogP) is 2.78. The van der Waals surface area contributed by atoms with Gasteiger partial charge in [0.05, 0.1) is 12.2 Å². The Morgan fingerprint density at radius 3 is 2.46 bits per heavy atom. The zero-order valence-electron chi connectivity index (χ0n) is 15.9. The quantitative estimate of drug-likeness (QED) is 0.577. The van der Waals surface area contributed by atoms with Crippen molar-refractivity contribution >= 4 is 23.2 Å². The Morgan fingerprint density at radius 1 is 1.27 bits per heavy atom. The zero-order valence-corrected chi connectivity index (χ0v) is 15.9. The highest BCUT2D eigenvalue weighted by Crippen LogP contribution is 2.31.